The van der Waals surface area contributed by atoms with Crippen LogP contribution in [0, 0.1) is 0 Å². The lowest BCUT2D eigenvalue weighted by atomic mass is 10.0. The Morgan fingerprint density at radius 3 is 1.83 bits per heavy atom. The molecule has 0 N–H and O–H groups in total. The van der Waals surface area contributed by atoms with Gasteiger partial charge in [-0.25, -0.2) is 0 Å². The highest BCUT2D eigenvalue weighted by Gasteiger charge is 2.20. The van der Waals surface area contributed by atoms with Crippen LogP contribution in [0.1, 0.15) is 5.56 Å². The molecule has 8 rings (SSSR count). The first-order valence-electron chi connectivity index (χ1n) is 15.7. The standard InChI is InChI=1S/C44H32N2/c1-2-3-18-40-43(23-13-24-44(40)46-41-21-11-9-19-38(41)39-20-10-12-22-42(39)46)45(36-16-5-4-6-17-36)37-29-27-33(28-30-37)35-26-25-32-14-7-8-15-34(32)31-35/h2-31H,1H2/b18-3-. The maximum atomic E-state index is 4.01. The molecule has 2 heteroatoms. The first-order chi connectivity index (χ1) is 22.8. The maximum absolute atomic E-state index is 4.01. The third kappa shape index (κ3) is 4.77. The zero-order valence-electron chi connectivity index (χ0n) is 25.4. The molecule has 0 aliphatic rings. The summed E-state index contributed by atoms with van der Waals surface area (Å²) in [6.07, 6.45) is 6.06. The van der Waals surface area contributed by atoms with Crippen molar-refractivity contribution in [1.29, 1.82) is 0 Å². The van der Waals surface area contributed by atoms with Gasteiger partial charge in [0.05, 0.1) is 22.4 Å². The van der Waals surface area contributed by atoms with Crippen LogP contribution in [0.3, 0.4) is 0 Å². The second-order valence-electron chi connectivity index (χ2n) is 11.5. The highest BCUT2D eigenvalue weighted by atomic mass is 15.1. The van der Waals surface area contributed by atoms with Crippen molar-refractivity contribution < 1.29 is 0 Å². The van der Waals surface area contributed by atoms with Gasteiger partial charge in [0, 0.05) is 27.7 Å². The van der Waals surface area contributed by atoms with Crippen molar-refractivity contribution in [2.45, 2.75) is 0 Å². The van der Waals surface area contributed by atoms with Crippen molar-refractivity contribution in [3.05, 3.63) is 188 Å². The molecule has 7 aromatic carbocycles. The van der Waals surface area contributed by atoms with Gasteiger partial charge in [-0.05, 0) is 76.5 Å². The van der Waals surface area contributed by atoms with Crippen LogP contribution >= 0.6 is 0 Å². The number of para-hydroxylation sites is 3. The average molecular weight is 589 g/mol. The normalized spacial score (nSPS) is 11.5. The summed E-state index contributed by atoms with van der Waals surface area (Å²) < 4.78 is 2.39. The molecule has 0 aliphatic carbocycles. The van der Waals surface area contributed by atoms with Gasteiger partial charge in [-0.15, -0.1) is 0 Å². The maximum Gasteiger partial charge on any atom is 0.0555 e. The van der Waals surface area contributed by atoms with Crippen LogP contribution in [0.15, 0.2) is 183 Å². The average Bonchev–Trinajstić information content (AvgIpc) is 3.46. The SMILES string of the molecule is C=C/C=C\c1c(N(c2ccccc2)c2ccc(-c3ccc4ccccc4c3)cc2)cccc1-n1c2ccccc2c2ccccc21. The topological polar surface area (TPSA) is 8.17 Å². The van der Waals surface area contributed by atoms with Crippen LogP contribution in [-0.2, 0) is 0 Å². The molecule has 46 heavy (non-hydrogen) atoms. The summed E-state index contributed by atoms with van der Waals surface area (Å²) in [5, 5.41) is 4.98. The van der Waals surface area contributed by atoms with Crippen LogP contribution in [0.25, 0.3) is 55.5 Å². The van der Waals surface area contributed by atoms with E-state index in [9.17, 15) is 0 Å². The third-order valence-electron chi connectivity index (χ3n) is 8.74. The van der Waals surface area contributed by atoms with Gasteiger partial charge in [0.25, 0.3) is 0 Å². The Balaban J connectivity index is 1.32. The van der Waals surface area contributed by atoms with Crippen molar-refractivity contribution in [3.8, 4) is 16.8 Å². The number of nitrogens with zero attached hydrogens (tertiary/aromatic N) is 2. The van der Waals surface area contributed by atoms with Crippen molar-refractivity contribution in [2.24, 2.45) is 0 Å². The lowest BCUT2D eigenvalue weighted by molar-refractivity contribution is 1.16. The van der Waals surface area contributed by atoms with Crippen molar-refractivity contribution >= 4 is 55.7 Å². The molecule has 0 bridgehead atoms. The van der Waals surface area contributed by atoms with E-state index < -0.39 is 0 Å². The fourth-order valence-corrected chi connectivity index (χ4v) is 6.62. The molecule has 0 atom stereocenters. The van der Waals surface area contributed by atoms with Crippen LogP contribution in [0.5, 0.6) is 0 Å². The molecule has 0 radical (unpaired) electrons. The minimum Gasteiger partial charge on any atom is -0.310 e. The summed E-state index contributed by atoms with van der Waals surface area (Å²) in [6, 6.07) is 58.6. The van der Waals surface area contributed by atoms with Gasteiger partial charge in [-0.3, -0.25) is 0 Å². The summed E-state index contributed by atoms with van der Waals surface area (Å²) in [5.41, 5.74) is 10.2. The van der Waals surface area contributed by atoms with Gasteiger partial charge >= 0.3 is 0 Å². The van der Waals surface area contributed by atoms with Crippen molar-refractivity contribution in [2.75, 3.05) is 4.90 Å². The Bertz CT molecular complexity index is 2320. The Kier molecular flexibility index (Phi) is 7.01. The summed E-state index contributed by atoms with van der Waals surface area (Å²) >= 11 is 0. The zero-order chi connectivity index (χ0) is 30.9. The minimum atomic E-state index is 1.09. The van der Waals surface area contributed by atoms with E-state index in [2.05, 4.69) is 186 Å². The lowest BCUT2D eigenvalue weighted by Gasteiger charge is -2.28. The molecule has 0 amide bonds. The predicted molar refractivity (Wildman–Crippen MR) is 198 cm³/mol. The Morgan fingerprint density at radius 2 is 1.11 bits per heavy atom. The smallest absolute Gasteiger partial charge is 0.0555 e. The molecule has 0 saturated heterocycles. The molecular formula is C44H32N2. The number of fused-ring (bicyclic) bond motifs is 4. The van der Waals surface area contributed by atoms with Gasteiger partial charge in [0.1, 0.15) is 0 Å². The second kappa shape index (κ2) is 11.8. The molecule has 0 saturated carbocycles. The molecular weight excluding hydrogens is 556 g/mol. The number of anilines is 3. The van der Waals surface area contributed by atoms with E-state index in [1.165, 1.54) is 43.7 Å². The molecule has 0 aliphatic heterocycles. The number of hydrogen-bond donors (Lipinski definition) is 0. The number of aromatic nitrogens is 1. The summed E-state index contributed by atoms with van der Waals surface area (Å²) in [4.78, 5) is 2.35. The van der Waals surface area contributed by atoms with Crippen LogP contribution in [0.2, 0.25) is 0 Å². The Morgan fingerprint density at radius 1 is 0.500 bits per heavy atom. The van der Waals surface area contributed by atoms with Gasteiger partial charge in [0.15, 0.2) is 0 Å². The van der Waals surface area contributed by atoms with E-state index in [1.807, 2.05) is 12.2 Å². The highest BCUT2D eigenvalue weighted by molar-refractivity contribution is 6.09. The van der Waals surface area contributed by atoms with E-state index in [1.54, 1.807) is 0 Å². The second-order valence-corrected chi connectivity index (χ2v) is 11.5. The van der Waals surface area contributed by atoms with E-state index in [0.29, 0.717) is 0 Å². The summed E-state index contributed by atoms with van der Waals surface area (Å²) in [7, 11) is 0. The molecule has 1 aromatic heterocycles. The van der Waals surface area contributed by atoms with Gasteiger partial charge in [0.2, 0.25) is 0 Å². The van der Waals surface area contributed by atoms with E-state index in [4.69, 9.17) is 0 Å². The van der Waals surface area contributed by atoms with Crippen molar-refractivity contribution in [3.63, 3.8) is 0 Å². The monoisotopic (exact) mass is 588 g/mol. The molecule has 0 spiro atoms. The Labute approximate surface area is 269 Å². The van der Waals surface area contributed by atoms with Gasteiger partial charge in [-0.1, -0.05) is 134 Å². The zero-order valence-corrected chi connectivity index (χ0v) is 25.4. The largest absolute Gasteiger partial charge is 0.310 e. The first-order valence-corrected chi connectivity index (χ1v) is 15.7. The quantitative estimate of drug-likeness (QED) is 0.168. The Hall–Kier alpha value is -6.12. The molecule has 0 unspecified atom stereocenters. The fraction of sp³-hybridized carbons (Fsp3) is 0. The highest BCUT2D eigenvalue weighted by Crippen LogP contribution is 2.42. The summed E-state index contributed by atoms with van der Waals surface area (Å²) in [5.74, 6) is 0. The van der Waals surface area contributed by atoms with Crippen LogP contribution in [0.4, 0.5) is 17.1 Å². The van der Waals surface area contributed by atoms with Crippen molar-refractivity contribution in [1.82, 2.24) is 4.57 Å². The minimum absolute atomic E-state index is 1.09. The molecule has 2 nitrogen and oxygen atoms in total. The molecule has 0 fully saturated rings. The molecule has 1 heterocycles. The van der Waals surface area contributed by atoms with Crippen LogP contribution in [-0.4, -0.2) is 4.57 Å². The number of allylic oxidation sites excluding steroid dienone is 2. The lowest BCUT2D eigenvalue weighted by Crippen LogP contribution is -2.12. The van der Waals surface area contributed by atoms with E-state index >= 15 is 0 Å². The van der Waals surface area contributed by atoms with Gasteiger partial charge < -0.3 is 9.47 Å². The third-order valence-corrected chi connectivity index (χ3v) is 8.74. The number of rotatable bonds is 7. The number of benzene rings is 7. The summed E-state index contributed by atoms with van der Waals surface area (Å²) in [6.45, 7) is 4.01. The molecule has 8 aromatic rings. The number of hydrogen-bond acceptors (Lipinski definition) is 1. The van der Waals surface area contributed by atoms with Gasteiger partial charge in [-0.2, -0.15) is 0 Å². The van der Waals surface area contributed by atoms with E-state index in [0.717, 1.165) is 28.3 Å². The molecule has 218 valence electrons. The van der Waals surface area contributed by atoms with Crippen LogP contribution < -0.4 is 4.90 Å². The van der Waals surface area contributed by atoms with E-state index in [-0.39, 0.29) is 0 Å². The fourth-order valence-electron chi connectivity index (χ4n) is 6.62. The predicted octanol–water partition coefficient (Wildman–Crippen LogP) is 12.3. The first kappa shape index (κ1) is 27.4.